The second kappa shape index (κ2) is 10.0. The van der Waals surface area contributed by atoms with Gasteiger partial charge in [0.1, 0.15) is 6.54 Å². The molecule has 0 saturated carbocycles. The lowest BCUT2D eigenvalue weighted by Crippen LogP contribution is -2.42. The highest BCUT2D eigenvalue weighted by Gasteiger charge is 2.20. The number of ether oxygens (including phenoxy) is 1. The van der Waals surface area contributed by atoms with E-state index in [9.17, 15) is 19.2 Å². The quantitative estimate of drug-likeness (QED) is 0.648. The molecule has 0 bridgehead atoms. The van der Waals surface area contributed by atoms with Crippen LogP contribution >= 0.6 is 0 Å². The van der Waals surface area contributed by atoms with E-state index in [0.29, 0.717) is 11.3 Å². The monoisotopic (exact) mass is 397 g/mol. The molecule has 2 aromatic carbocycles. The largest absolute Gasteiger partial charge is 0.451 e. The molecule has 1 unspecified atom stereocenters. The summed E-state index contributed by atoms with van der Waals surface area (Å²) in [5, 5.41) is 7.01. The lowest BCUT2D eigenvalue weighted by Gasteiger charge is -2.14. The van der Waals surface area contributed by atoms with E-state index in [2.05, 4.69) is 16.0 Å². The summed E-state index contributed by atoms with van der Waals surface area (Å²) >= 11 is 0. The summed E-state index contributed by atoms with van der Waals surface area (Å²) in [5.41, 5.74) is 2.80. The van der Waals surface area contributed by atoms with Crippen LogP contribution in [-0.4, -0.2) is 36.5 Å². The van der Waals surface area contributed by atoms with Crippen molar-refractivity contribution in [1.29, 1.82) is 0 Å². The fourth-order valence-electron chi connectivity index (χ4n) is 2.55. The maximum atomic E-state index is 12.1. The Kier molecular flexibility index (Phi) is 7.47. The van der Waals surface area contributed by atoms with Crippen LogP contribution < -0.4 is 16.0 Å². The third-order valence-corrected chi connectivity index (χ3v) is 3.82. The van der Waals surface area contributed by atoms with Gasteiger partial charge in [-0.15, -0.1) is 0 Å². The molecular weight excluding hydrogens is 374 g/mol. The van der Waals surface area contributed by atoms with Crippen LogP contribution in [0.25, 0.3) is 0 Å². The predicted molar refractivity (Wildman–Crippen MR) is 107 cm³/mol. The van der Waals surface area contributed by atoms with Crippen LogP contribution in [0.3, 0.4) is 0 Å². The predicted octanol–water partition coefficient (Wildman–Crippen LogP) is 2.31. The molecule has 8 heteroatoms. The Bertz CT molecular complexity index is 892. The number of nitrogens with one attached hydrogen (secondary N) is 3. The maximum absolute atomic E-state index is 12.1. The zero-order valence-corrected chi connectivity index (χ0v) is 16.4. The van der Waals surface area contributed by atoms with Crippen molar-refractivity contribution >= 4 is 29.5 Å². The van der Waals surface area contributed by atoms with Crippen molar-refractivity contribution in [3.05, 3.63) is 65.2 Å². The van der Waals surface area contributed by atoms with Crippen molar-refractivity contribution in [3.8, 4) is 0 Å². The lowest BCUT2D eigenvalue weighted by atomic mass is 10.1. The first-order valence-corrected chi connectivity index (χ1v) is 8.97. The first-order chi connectivity index (χ1) is 13.7. The van der Waals surface area contributed by atoms with E-state index in [0.717, 1.165) is 11.1 Å². The first kappa shape index (κ1) is 21.6. The molecule has 29 heavy (non-hydrogen) atoms. The average Bonchev–Trinajstić information content (AvgIpc) is 2.65. The van der Waals surface area contributed by atoms with E-state index >= 15 is 0 Å². The highest BCUT2D eigenvalue weighted by atomic mass is 16.5. The van der Waals surface area contributed by atoms with Gasteiger partial charge in [-0.05, 0) is 45.0 Å². The number of carbonyl (C=O) groups excluding carboxylic acids is 4. The molecule has 2 aromatic rings. The molecule has 0 aromatic heterocycles. The molecule has 2 rings (SSSR count). The van der Waals surface area contributed by atoms with Gasteiger partial charge >= 0.3 is 12.0 Å². The Labute approximate surface area is 168 Å². The Morgan fingerprint density at radius 1 is 0.966 bits per heavy atom. The minimum Gasteiger partial charge on any atom is -0.451 e. The van der Waals surface area contributed by atoms with Gasteiger partial charge in [-0.2, -0.15) is 0 Å². The van der Waals surface area contributed by atoms with Crippen LogP contribution in [0.1, 0.15) is 28.4 Å². The number of hydrogen-bond donors (Lipinski definition) is 3. The zero-order valence-electron chi connectivity index (χ0n) is 16.4. The van der Waals surface area contributed by atoms with Crippen molar-refractivity contribution in [1.82, 2.24) is 10.6 Å². The Balaban J connectivity index is 1.78. The third kappa shape index (κ3) is 7.10. The molecule has 0 aliphatic rings. The van der Waals surface area contributed by atoms with Gasteiger partial charge in [0.05, 0.1) is 0 Å². The fourth-order valence-corrected chi connectivity index (χ4v) is 2.55. The molecular formula is C21H23N3O5. The second-order valence-corrected chi connectivity index (χ2v) is 6.50. The molecule has 1 atom stereocenters. The SMILES string of the molecule is Cc1cc(C)cc(C(=O)NCC(=O)OC(C)C(=O)NC(=O)Nc2ccccc2)c1. The maximum Gasteiger partial charge on any atom is 0.326 e. The van der Waals surface area contributed by atoms with Gasteiger partial charge in [-0.25, -0.2) is 4.79 Å². The first-order valence-electron chi connectivity index (χ1n) is 8.97. The van der Waals surface area contributed by atoms with Crippen LogP contribution in [-0.2, 0) is 14.3 Å². The Hall–Kier alpha value is -3.68. The summed E-state index contributed by atoms with van der Waals surface area (Å²) in [4.78, 5) is 47.8. The second-order valence-electron chi connectivity index (χ2n) is 6.50. The molecule has 0 fully saturated rings. The minimum atomic E-state index is -1.21. The third-order valence-electron chi connectivity index (χ3n) is 3.82. The van der Waals surface area contributed by atoms with Gasteiger partial charge in [0.25, 0.3) is 11.8 Å². The van der Waals surface area contributed by atoms with E-state index in [-0.39, 0.29) is 0 Å². The van der Waals surface area contributed by atoms with Gasteiger partial charge in [0.15, 0.2) is 6.10 Å². The van der Waals surface area contributed by atoms with Gasteiger partial charge in [-0.1, -0.05) is 35.4 Å². The Morgan fingerprint density at radius 2 is 1.59 bits per heavy atom. The molecule has 4 amide bonds. The molecule has 0 aliphatic heterocycles. The van der Waals surface area contributed by atoms with E-state index in [4.69, 9.17) is 4.74 Å². The van der Waals surface area contributed by atoms with Crippen molar-refractivity contribution in [2.24, 2.45) is 0 Å². The number of esters is 1. The highest BCUT2D eigenvalue weighted by Crippen LogP contribution is 2.08. The summed E-state index contributed by atoms with van der Waals surface area (Å²) in [7, 11) is 0. The van der Waals surface area contributed by atoms with E-state index in [1.807, 2.05) is 19.9 Å². The number of aryl methyl sites for hydroxylation is 2. The summed E-state index contributed by atoms with van der Waals surface area (Å²) in [5.74, 6) is -2.01. The molecule has 0 aliphatic carbocycles. The topological polar surface area (TPSA) is 114 Å². The van der Waals surface area contributed by atoms with Crippen LogP contribution in [0.4, 0.5) is 10.5 Å². The number of imide groups is 1. The van der Waals surface area contributed by atoms with Crippen LogP contribution in [0.5, 0.6) is 0 Å². The highest BCUT2D eigenvalue weighted by molar-refractivity contribution is 6.03. The lowest BCUT2D eigenvalue weighted by molar-refractivity contribution is -0.153. The molecule has 152 valence electrons. The van der Waals surface area contributed by atoms with E-state index in [1.54, 1.807) is 42.5 Å². The number of rotatable bonds is 6. The van der Waals surface area contributed by atoms with Gasteiger partial charge < -0.3 is 15.4 Å². The van der Waals surface area contributed by atoms with Crippen LogP contribution in [0.15, 0.2) is 48.5 Å². The summed E-state index contributed by atoms with van der Waals surface area (Å²) in [6.45, 7) is 4.66. The van der Waals surface area contributed by atoms with Gasteiger partial charge in [-0.3, -0.25) is 19.7 Å². The summed E-state index contributed by atoms with van der Waals surface area (Å²) < 4.78 is 4.95. The van der Waals surface area contributed by atoms with Gasteiger partial charge in [0, 0.05) is 11.3 Å². The molecule has 0 radical (unpaired) electrons. The number of hydrogen-bond acceptors (Lipinski definition) is 5. The summed E-state index contributed by atoms with van der Waals surface area (Å²) in [6.07, 6.45) is -1.21. The van der Waals surface area contributed by atoms with Gasteiger partial charge in [0.2, 0.25) is 0 Å². The number of amides is 4. The standard InChI is InChI=1S/C21H23N3O5/c1-13-9-14(2)11-16(10-13)20(27)22-12-18(25)29-15(3)19(26)24-21(28)23-17-7-5-4-6-8-17/h4-11,15H,12H2,1-3H3,(H,22,27)(H2,23,24,26,28). The smallest absolute Gasteiger partial charge is 0.326 e. The molecule has 3 N–H and O–H groups in total. The summed E-state index contributed by atoms with van der Waals surface area (Å²) in [6, 6.07) is 13.2. The van der Waals surface area contributed by atoms with Crippen molar-refractivity contribution in [2.45, 2.75) is 26.9 Å². The average molecular weight is 397 g/mol. The Morgan fingerprint density at radius 3 is 2.21 bits per heavy atom. The van der Waals surface area contributed by atoms with Crippen LogP contribution in [0.2, 0.25) is 0 Å². The molecule has 0 spiro atoms. The van der Waals surface area contributed by atoms with Crippen molar-refractivity contribution in [3.63, 3.8) is 0 Å². The van der Waals surface area contributed by atoms with Crippen molar-refractivity contribution in [2.75, 3.05) is 11.9 Å². The number of para-hydroxylation sites is 1. The zero-order chi connectivity index (χ0) is 21.4. The number of carbonyl (C=O) groups is 4. The molecule has 8 nitrogen and oxygen atoms in total. The number of urea groups is 1. The van der Waals surface area contributed by atoms with Crippen molar-refractivity contribution < 1.29 is 23.9 Å². The normalized spacial score (nSPS) is 11.1. The van der Waals surface area contributed by atoms with E-state index in [1.165, 1.54) is 6.92 Å². The molecule has 0 heterocycles. The number of anilines is 1. The van der Waals surface area contributed by atoms with E-state index < -0.39 is 36.5 Å². The number of benzene rings is 2. The minimum absolute atomic E-state index is 0.403. The molecule has 0 saturated heterocycles. The van der Waals surface area contributed by atoms with Crippen LogP contribution in [0, 0.1) is 13.8 Å². The fraction of sp³-hybridized carbons (Fsp3) is 0.238.